The molecule has 1 aromatic heterocycles. The third-order valence-corrected chi connectivity index (χ3v) is 5.26. The number of quaternary nitrogens is 1. The van der Waals surface area contributed by atoms with Crippen LogP contribution in [-0.2, 0) is 9.59 Å². The summed E-state index contributed by atoms with van der Waals surface area (Å²) in [5.74, 6) is -0.487. The van der Waals surface area contributed by atoms with Crippen molar-refractivity contribution in [2.45, 2.75) is 12.5 Å². The highest BCUT2D eigenvalue weighted by molar-refractivity contribution is 6.46. The molecule has 1 aromatic carbocycles. The van der Waals surface area contributed by atoms with Crippen LogP contribution in [0.3, 0.4) is 0 Å². The number of aliphatic hydroxyl groups is 1. The van der Waals surface area contributed by atoms with Crippen molar-refractivity contribution >= 4 is 17.4 Å². The summed E-state index contributed by atoms with van der Waals surface area (Å²) >= 11 is 0. The molecule has 1 atom stereocenters. The first-order chi connectivity index (χ1) is 14.5. The summed E-state index contributed by atoms with van der Waals surface area (Å²) in [5.41, 5.74) is 1.13. The van der Waals surface area contributed by atoms with Gasteiger partial charge in [0.2, 0.25) is 6.79 Å². The number of nitrogens with zero attached hydrogens (tertiary/aromatic N) is 2. The minimum absolute atomic E-state index is 0.0593. The molecule has 0 aliphatic carbocycles. The number of aromatic nitrogens is 1. The van der Waals surface area contributed by atoms with Crippen molar-refractivity contribution in [1.29, 1.82) is 0 Å². The highest BCUT2D eigenvalue weighted by Crippen LogP contribution is 2.41. The van der Waals surface area contributed by atoms with Gasteiger partial charge in [0.1, 0.15) is 5.76 Å². The molecule has 8 nitrogen and oxygen atoms in total. The second-order valence-corrected chi connectivity index (χ2v) is 7.66. The first-order valence-electron chi connectivity index (χ1n) is 9.84. The number of ether oxygens (including phenoxy) is 2. The van der Waals surface area contributed by atoms with Gasteiger partial charge in [-0.2, -0.15) is 0 Å². The molecule has 3 heterocycles. The van der Waals surface area contributed by atoms with E-state index in [-0.39, 0.29) is 18.1 Å². The fourth-order valence-corrected chi connectivity index (χ4v) is 3.80. The lowest BCUT2D eigenvalue weighted by Crippen LogP contribution is -3.05. The Labute approximate surface area is 174 Å². The van der Waals surface area contributed by atoms with Gasteiger partial charge >= 0.3 is 0 Å². The molecular formula is C22H24N3O5+. The predicted octanol–water partition coefficient (Wildman–Crippen LogP) is 0.767. The van der Waals surface area contributed by atoms with Crippen LogP contribution >= 0.6 is 0 Å². The largest absolute Gasteiger partial charge is 0.507 e. The second-order valence-electron chi connectivity index (χ2n) is 7.66. The van der Waals surface area contributed by atoms with Gasteiger partial charge in [-0.25, -0.2) is 0 Å². The van der Waals surface area contributed by atoms with Crippen molar-refractivity contribution in [3.8, 4) is 11.5 Å². The summed E-state index contributed by atoms with van der Waals surface area (Å²) in [6.07, 6.45) is 3.98. The molecule has 2 N–H and O–H groups in total. The molecular weight excluding hydrogens is 386 g/mol. The van der Waals surface area contributed by atoms with Crippen molar-refractivity contribution in [3.63, 3.8) is 0 Å². The molecule has 0 unspecified atom stereocenters. The summed E-state index contributed by atoms with van der Waals surface area (Å²) in [6, 6.07) is 7.79. The fourth-order valence-electron chi connectivity index (χ4n) is 3.80. The molecule has 2 aliphatic rings. The molecule has 1 amide bonds. The lowest BCUT2D eigenvalue weighted by molar-refractivity contribution is -0.858. The van der Waals surface area contributed by atoms with Gasteiger partial charge in [-0.1, -0.05) is 6.07 Å². The number of aliphatic hydroxyl groups excluding tert-OH is 1. The molecule has 0 spiro atoms. The predicted molar refractivity (Wildman–Crippen MR) is 108 cm³/mol. The number of hydrogen-bond acceptors (Lipinski definition) is 6. The van der Waals surface area contributed by atoms with E-state index < -0.39 is 17.7 Å². The number of nitrogens with one attached hydrogen (secondary N) is 1. The number of ketones is 1. The standard InChI is InChI=1S/C22H23N3O5/c1-24(2)9-4-10-25-19(15-5-3-8-23-12-15)18(21(27)22(25)28)20(26)14-6-7-16-17(11-14)30-13-29-16/h3,5-8,11-12,19,26H,4,9-10,13H2,1-2H3/p+1/b20-18-/t19-/m1/s1. The zero-order valence-electron chi connectivity index (χ0n) is 16.9. The van der Waals surface area contributed by atoms with Crippen LogP contribution in [0.2, 0.25) is 0 Å². The quantitative estimate of drug-likeness (QED) is 0.415. The van der Waals surface area contributed by atoms with E-state index in [0.29, 0.717) is 29.2 Å². The highest BCUT2D eigenvalue weighted by Gasteiger charge is 2.46. The Hall–Kier alpha value is -3.39. The van der Waals surface area contributed by atoms with Gasteiger partial charge < -0.3 is 24.4 Å². The minimum atomic E-state index is -0.698. The first-order valence-corrected chi connectivity index (χ1v) is 9.84. The van der Waals surface area contributed by atoms with Crippen LogP contribution in [0.4, 0.5) is 0 Å². The Morgan fingerprint density at radius 3 is 2.77 bits per heavy atom. The fraction of sp³-hybridized carbons (Fsp3) is 0.318. The SMILES string of the molecule is C[NH+](C)CCCN1C(=O)C(=O)/C(=C(\O)c2ccc3c(c2)OCO3)[C@H]1c1cccnc1. The summed E-state index contributed by atoms with van der Waals surface area (Å²) in [5, 5.41) is 11.1. The monoisotopic (exact) mass is 410 g/mol. The van der Waals surface area contributed by atoms with E-state index in [9.17, 15) is 14.7 Å². The number of benzene rings is 1. The summed E-state index contributed by atoms with van der Waals surface area (Å²) < 4.78 is 10.7. The number of Topliss-reactive ketones (excluding diaryl/α,β-unsaturated/α-hetero) is 1. The number of likely N-dealkylation sites (tertiary alicyclic amines) is 1. The van der Waals surface area contributed by atoms with Gasteiger partial charge in [0.15, 0.2) is 11.5 Å². The molecule has 4 rings (SSSR count). The highest BCUT2D eigenvalue weighted by atomic mass is 16.7. The third-order valence-electron chi connectivity index (χ3n) is 5.26. The van der Waals surface area contributed by atoms with E-state index in [1.165, 1.54) is 9.80 Å². The third kappa shape index (κ3) is 3.61. The van der Waals surface area contributed by atoms with E-state index >= 15 is 0 Å². The van der Waals surface area contributed by atoms with Gasteiger partial charge in [-0.3, -0.25) is 14.6 Å². The lowest BCUT2D eigenvalue weighted by Gasteiger charge is -2.25. The average molecular weight is 410 g/mol. The van der Waals surface area contributed by atoms with Crippen molar-refractivity contribution in [1.82, 2.24) is 9.88 Å². The van der Waals surface area contributed by atoms with Crippen LogP contribution in [0, 0.1) is 0 Å². The van der Waals surface area contributed by atoms with Crippen molar-refractivity contribution < 1.29 is 29.1 Å². The molecule has 156 valence electrons. The van der Waals surface area contributed by atoms with E-state index in [4.69, 9.17) is 9.47 Å². The summed E-state index contributed by atoms with van der Waals surface area (Å²) in [6.45, 7) is 1.37. The molecule has 30 heavy (non-hydrogen) atoms. The second kappa shape index (κ2) is 8.16. The van der Waals surface area contributed by atoms with Crippen LogP contribution in [-0.4, -0.2) is 60.7 Å². The Morgan fingerprint density at radius 2 is 2.03 bits per heavy atom. The number of carbonyl (C=O) groups excluding carboxylic acids is 2. The zero-order valence-corrected chi connectivity index (χ0v) is 16.9. The lowest BCUT2D eigenvalue weighted by atomic mass is 9.96. The molecule has 0 saturated carbocycles. The Kier molecular flexibility index (Phi) is 5.41. The van der Waals surface area contributed by atoms with Crippen LogP contribution in [0.25, 0.3) is 5.76 Å². The number of hydrogen-bond donors (Lipinski definition) is 2. The van der Waals surface area contributed by atoms with Gasteiger partial charge in [0, 0.05) is 30.9 Å². The van der Waals surface area contributed by atoms with E-state index in [0.717, 1.165) is 13.0 Å². The number of fused-ring (bicyclic) bond motifs is 1. The van der Waals surface area contributed by atoms with Crippen molar-refractivity contribution in [2.24, 2.45) is 0 Å². The number of rotatable bonds is 6. The zero-order chi connectivity index (χ0) is 21.3. The normalized spacial score (nSPS) is 19.7. The molecule has 1 fully saturated rings. The van der Waals surface area contributed by atoms with Crippen LogP contribution in [0.5, 0.6) is 11.5 Å². The molecule has 0 bridgehead atoms. The molecule has 1 saturated heterocycles. The maximum Gasteiger partial charge on any atom is 0.295 e. The summed E-state index contributed by atoms with van der Waals surface area (Å²) in [7, 11) is 4.07. The van der Waals surface area contributed by atoms with Gasteiger partial charge in [-0.05, 0) is 29.8 Å². The minimum Gasteiger partial charge on any atom is -0.507 e. The van der Waals surface area contributed by atoms with Crippen LogP contribution in [0.1, 0.15) is 23.6 Å². The van der Waals surface area contributed by atoms with Crippen LogP contribution < -0.4 is 14.4 Å². The van der Waals surface area contributed by atoms with Gasteiger partial charge in [0.25, 0.3) is 11.7 Å². The van der Waals surface area contributed by atoms with E-state index in [1.807, 2.05) is 14.1 Å². The summed E-state index contributed by atoms with van der Waals surface area (Å²) in [4.78, 5) is 32.7. The smallest absolute Gasteiger partial charge is 0.295 e. The Morgan fingerprint density at radius 1 is 1.23 bits per heavy atom. The number of amides is 1. The molecule has 0 radical (unpaired) electrons. The van der Waals surface area contributed by atoms with E-state index in [1.54, 1.807) is 42.7 Å². The van der Waals surface area contributed by atoms with Crippen molar-refractivity contribution in [2.75, 3.05) is 34.0 Å². The Balaban J connectivity index is 1.77. The van der Waals surface area contributed by atoms with Gasteiger partial charge in [0.05, 0.1) is 32.3 Å². The molecule has 2 aromatic rings. The maximum atomic E-state index is 13.0. The topological polar surface area (TPSA) is 93.4 Å². The molecule has 8 heteroatoms. The van der Waals surface area contributed by atoms with Crippen molar-refractivity contribution in [3.05, 3.63) is 59.4 Å². The maximum absolute atomic E-state index is 13.0. The first kappa shape index (κ1) is 19.9. The van der Waals surface area contributed by atoms with Gasteiger partial charge in [-0.15, -0.1) is 0 Å². The molecule has 2 aliphatic heterocycles. The Bertz CT molecular complexity index is 1000. The van der Waals surface area contributed by atoms with E-state index in [2.05, 4.69) is 4.98 Å². The number of carbonyl (C=O) groups is 2. The average Bonchev–Trinajstić information content (AvgIpc) is 3.31. The number of pyridine rings is 1. The van der Waals surface area contributed by atoms with Crippen LogP contribution in [0.15, 0.2) is 48.3 Å².